The molecule has 1 N–H and O–H groups in total. The van der Waals surface area contributed by atoms with Crippen LogP contribution in [0.1, 0.15) is 27.8 Å². The van der Waals surface area contributed by atoms with E-state index >= 15 is 0 Å². The zero-order chi connectivity index (χ0) is 17.4. The van der Waals surface area contributed by atoms with Gasteiger partial charge in [-0.3, -0.25) is 14.5 Å². The molecule has 24 heavy (non-hydrogen) atoms. The molecule has 0 saturated carbocycles. The van der Waals surface area contributed by atoms with Crippen LogP contribution in [0, 0.1) is 20.8 Å². The molecule has 0 spiro atoms. The number of hydrogen-bond acceptors (Lipinski definition) is 3. The molecule has 0 unspecified atom stereocenters. The van der Waals surface area contributed by atoms with E-state index in [2.05, 4.69) is 0 Å². The first-order valence-electron chi connectivity index (χ1n) is 7.81. The van der Waals surface area contributed by atoms with Crippen LogP contribution in [0.5, 0.6) is 0 Å². The van der Waals surface area contributed by atoms with E-state index in [9.17, 15) is 14.7 Å². The summed E-state index contributed by atoms with van der Waals surface area (Å²) < 4.78 is 0. The van der Waals surface area contributed by atoms with Crippen LogP contribution in [0.25, 0.3) is 5.57 Å². The summed E-state index contributed by atoms with van der Waals surface area (Å²) in [4.78, 5) is 26.1. The highest BCUT2D eigenvalue weighted by atomic mass is 16.3. The third-order valence-corrected chi connectivity index (χ3v) is 4.40. The Labute approximate surface area is 141 Å². The molecule has 4 nitrogen and oxygen atoms in total. The topological polar surface area (TPSA) is 57.6 Å². The van der Waals surface area contributed by atoms with E-state index in [-0.39, 0.29) is 12.1 Å². The number of aliphatic hydroxyl groups is 1. The molecule has 2 amide bonds. The van der Waals surface area contributed by atoms with Crippen molar-refractivity contribution in [3.05, 3.63) is 76.0 Å². The van der Waals surface area contributed by atoms with Crippen molar-refractivity contribution < 1.29 is 14.7 Å². The number of amides is 2. The number of aryl methyl sites for hydroxylation is 3. The van der Waals surface area contributed by atoms with Crippen molar-refractivity contribution in [3.63, 3.8) is 0 Å². The molecule has 2 aromatic carbocycles. The largest absolute Gasteiger partial charge is 0.502 e. The van der Waals surface area contributed by atoms with Crippen molar-refractivity contribution in [2.75, 3.05) is 0 Å². The highest BCUT2D eigenvalue weighted by Gasteiger charge is 2.39. The SMILES string of the molecule is Cc1ccc(CN2C(=O)C(O)=C(c3ccc(C)c(C)c3)C2=O)cc1. The van der Waals surface area contributed by atoms with Gasteiger partial charge in [0.15, 0.2) is 5.76 Å². The van der Waals surface area contributed by atoms with Crippen LogP contribution in [0.4, 0.5) is 0 Å². The average molecular weight is 321 g/mol. The van der Waals surface area contributed by atoms with Gasteiger partial charge >= 0.3 is 0 Å². The Morgan fingerprint density at radius 3 is 2.17 bits per heavy atom. The van der Waals surface area contributed by atoms with Crippen LogP contribution in [-0.2, 0) is 16.1 Å². The maximum Gasteiger partial charge on any atom is 0.296 e. The third-order valence-electron chi connectivity index (χ3n) is 4.40. The number of carbonyl (C=O) groups excluding carboxylic acids is 2. The molecule has 122 valence electrons. The quantitative estimate of drug-likeness (QED) is 0.881. The molecule has 1 aliphatic heterocycles. The molecule has 1 aliphatic rings. The van der Waals surface area contributed by atoms with Crippen molar-refractivity contribution >= 4 is 17.4 Å². The molecule has 0 radical (unpaired) electrons. The highest BCUT2D eigenvalue weighted by molar-refractivity contribution is 6.34. The molecule has 3 rings (SSSR count). The molecule has 0 bridgehead atoms. The Morgan fingerprint density at radius 2 is 1.54 bits per heavy atom. The number of aliphatic hydroxyl groups excluding tert-OH is 1. The van der Waals surface area contributed by atoms with Gasteiger partial charge in [-0.2, -0.15) is 0 Å². The summed E-state index contributed by atoms with van der Waals surface area (Å²) in [6.45, 7) is 6.03. The summed E-state index contributed by atoms with van der Waals surface area (Å²) in [5.41, 5.74) is 4.69. The fourth-order valence-corrected chi connectivity index (χ4v) is 2.74. The van der Waals surface area contributed by atoms with Gasteiger partial charge < -0.3 is 5.11 Å². The van der Waals surface area contributed by atoms with Gasteiger partial charge in [-0.1, -0.05) is 48.0 Å². The molecule has 0 atom stereocenters. The second-order valence-electron chi connectivity index (χ2n) is 6.20. The van der Waals surface area contributed by atoms with Crippen molar-refractivity contribution in [3.8, 4) is 0 Å². The Morgan fingerprint density at radius 1 is 0.875 bits per heavy atom. The van der Waals surface area contributed by atoms with Crippen molar-refractivity contribution in [2.24, 2.45) is 0 Å². The van der Waals surface area contributed by atoms with E-state index in [1.54, 1.807) is 6.07 Å². The first-order chi connectivity index (χ1) is 11.4. The monoisotopic (exact) mass is 321 g/mol. The lowest BCUT2D eigenvalue weighted by molar-refractivity contribution is -0.138. The first-order valence-corrected chi connectivity index (χ1v) is 7.81. The van der Waals surface area contributed by atoms with E-state index in [0.717, 1.165) is 27.2 Å². The Bertz CT molecular complexity index is 863. The van der Waals surface area contributed by atoms with Crippen molar-refractivity contribution in [1.82, 2.24) is 4.90 Å². The van der Waals surface area contributed by atoms with E-state index < -0.39 is 17.6 Å². The van der Waals surface area contributed by atoms with Crippen LogP contribution >= 0.6 is 0 Å². The Kier molecular flexibility index (Phi) is 3.97. The van der Waals surface area contributed by atoms with E-state index in [0.29, 0.717) is 5.56 Å². The Hall–Kier alpha value is -2.88. The second-order valence-corrected chi connectivity index (χ2v) is 6.20. The number of benzene rings is 2. The van der Waals surface area contributed by atoms with Gasteiger partial charge in [0, 0.05) is 0 Å². The predicted molar refractivity (Wildman–Crippen MR) is 92.2 cm³/mol. The fraction of sp³-hybridized carbons (Fsp3) is 0.200. The number of nitrogens with zero attached hydrogens (tertiary/aromatic N) is 1. The Balaban J connectivity index is 1.92. The molecule has 0 aromatic heterocycles. The first kappa shape index (κ1) is 16.0. The van der Waals surface area contributed by atoms with Gasteiger partial charge in [0.25, 0.3) is 11.8 Å². The lowest BCUT2D eigenvalue weighted by Crippen LogP contribution is -2.31. The summed E-state index contributed by atoms with van der Waals surface area (Å²) >= 11 is 0. The normalized spacial score (nSPS) is 14.7. The summed E-state index contributed by atoms with van der Waals surface area (Å²) in [5, 5.41) is 10.2. The summed E-state index contributed by atoms with van der Waals surface area (Å²) in [6, 6.07) is 13.1. The lowest BCUT2D eigenvalue weighted by Gasteiger charge is -2.15. The van der Waals surface area contributed by atoms with E-state index in [1.165, 1.54) is 0 Å². The smallest absolute Gasteiger partial charge is 0.296 e. The second kappa shape index (κ2) is 5.96. The van der Waals surface area contributed by atoms with E-state index in [1.807, 2.05) is 57.2 Å². The number of imide groups is 1. The van der Waals surface area contributed by atoms with Crippen LogP contribution in [0.3, 0.4) is 0 Å². The minimum Gasteiger partial charge on any atom is -0.502 e. The number of rotatable bonds is 3. The number of hydrogen-bond donors (Lipinski definition) is 1. The fourth-order valence-electron chi connectivity index (χ4n) is 2.74. The molecule has 0 saturated heterocycles. The molecule has 4 heteroatoms. The maximum atomic E-state index is 12.7. The lowest BCUT2D eigenvalue weighted by atomic mass is 10.00. The van der Waals surface area contributed by atoms with Crippen LogP contribution in [-0.4, -0.2) is 21.8 Å². The van der Waals surface area contributed by atoms with Crippen molar-refractivity contribution in [2.45, 2.75) is 27.3 Å². The van der Waals surface area contributed by atoms with Crippen molar-refractivity contribution in [1.29, 1.82) is 0 Å². The molecular formula is C20H19NO3. The predicted octanol–water partition coefficient (Wildman–Crippen LogP) is 3.45. The molecule has 0 aliphatic carbocycles. The zero-order valence-corrected chi connectivity index (χ0v) is 14.0. The molecule has 2 aromatic rings. The molecule has 1 heterocycles. The number of carbonyl (C=O) groups is 2. The van der Waals surface area contributed by atoms with Crippen LogP contribution in [0.15, 0.2) is 48.2 Å². The summed E-state index contributed by atoms with van der Waals surface area (Å²) in [7, 11) is 0. The van der Waals surface area contributed by atoms with Gasteiger partial charge in [0.05, 0.1) is 12.1 Å². The standard InChI is InChI=1S/C20H19NO3/c1-12-4-7-15(8-5-12)11-21-19(23)17(18(22)20(21)24)16-9-6-13(2)14(3)10-16/h4-10,22H,11H2,1-3H3. The molecular weight excluding hydrogens is 302 g/mol. The van der Waals surface area contributed by atoms with Gasteiger partial charge in [-0.05, 0) is 43.0 Å². The molecule has 0 fully saturated rings. The van der Waals surface area contributed by atoms with Gasteiger partial charge in [-0.15, -0.1) is 0 Å². The average Bonchev–Trinajstić information content (AvgIpc) is 2.76. The maximum absolute atomic E-state index is 12.7. The summed E-state index contributed by atoms with van der Waals surface area (Å²) in [6.07, 6.45) is 0. The zero-order valence-electron chi connectivity index (χ0n) is 14.0. The van der Waals surface area contributed by atoms with Gasteiger partial charge in [-0.25, -0.2) is 0 Å². The summed E-state index contributed by atoms with van der Waals surface area (Å²) in [5.74, 6) is -1.58. The minimum atomic E-state index is -0.645. The third kappa shape index (κ3) is 2.71. The van der Waals surface area contributed by atoms with Crippen LogP contribution in [0.2, 0.25) is 0 Å². The minimum absolute atomic E-state index is 0.0789. The van der Waals surface area contributed by atoms with E-state index in [4.69, 9.17) is 0 Å². The van der Waals surface area contributed by atoms with Crippen LogP contribution < -0.4 is 0 Å². The van der Waals surface area contributed by atoms with Gasteiger partial charge in [0.1, 0.15) is 0 Å². The highest BCUT2D eigenvalue weighted by Crippen LogP contribution is 2.30. The van der Waals surface area contributed by atoms with Gasteiger partial charge in [0.2, 0.25) is 0 Å².